The van der Waals surface area contributed by atoms with E-state index in [1.165, 1.54) is 5.56 Å². The molecule has 0 amide bonds. The summed E-state index contributed by atoms with van der Waals surface area (Å²) in [6, 6.07) is 21.6. The summed E-state index contributed by atoms with van der Waals surface area (Å²) in [7, 11) is 0. The maximum atomic E-state index is 11.2. The highest BCUT2D eigenvalue weighted by atomic mass is 16.6. The van der Waals surface area contributed by atoms with Crippen molar-refractivity contribution in [3.8, 4) is 0 Å². The van der Waals surface area contributed by atoms with E-state index in [1.54, 1.807) is 12.4 Å². The summed E-state index contributed by atoms with van der Waals surface area (Å²) in [5.41, 5.74) is 4.04. The lowest BCUT2D eigenvalue weighted by Gasteiger charge is -2.29. The second-order valence-electron chi connectivity index (χ2n) is 7.46. The van der Waals surface area contributed by atoms with Crippen molar-refractivity contribution in [1.82, 2.24) is 4.98 Å². The maximum absolute atomic E-state index is 11.2. The van der Waals surface area contributed by atoms with Gasteiger partial charge in [0, 0.05) is 29.9 Å². The minimum absolute atomic E-state index is 0.296. The molecule has 1 N–H and O–H groups in total. The molecule has 31 heavy (non-hydrogen) atoms. The highest BCUT2D eigenvalue weighted by Crippen LogP contribution is 2.42. The van der Waals surface area contributed by atoms with Crippen molar-refractivity contribution >= 4 is 11.7 Å². The van der Waals surface area contributed by atoms with Gasteiger partial charge < -0.3 is 14.7 Å². The van der Waals surface area contributed by atoms with Gasteiger partial charge in [-0.05, 0) is 36.1 Å². The Labute approximate surface area is 181 Å². The number of aryl methyl sites for hydroxylation is 1. The van der Waals surface area contributed by atoms with E-state index in [1.807, 2.05) is 60.7 Å². The highest BCUT2D eigenvalue weighted by Gasteiger charge is 2.40. The molecule has 0 fully saturated rings. The van der Waals surface area contributed by atoms with Crippen molar-refractivity contribution < 1.29 is 19.5 Å². The van der Waals surface area contributed by atoms with Crippen molar-refractivity contribution in [3.63, 3.8) is 0 Å². The normalized spacial score (nSPS) is 17.9. The number of carbonyl (C=O) groups is 1. The van der Waals surface area contributed by atoms with Gasteiger partial charge in [0.25, 0.3) is 0 Å². The molecule has 158 valence electrons. The number of aliphatic carboxylic acids is 1. The van der Waals surface area contributed by atoms with Gasteiger partial charge in [0.15, 0.2) is 0 Å². The molecule has 0 aliphatic heterocycles. The first-order valence-electron chi connectivity index (χ1n) is 10.3. The van der Waals surface area contributed by atoms with Crippen molar-refractivity contribution in [2.45, 2.75) is 24.9 Å². The van der Waals surface area contributed by atoms with E-state index in [-0.39, 0.29) is 6.61 Å². The Kier molecular flexibility index (Phi) is 6.38. The minimum Gasteiger partial charge on any atom is -0.480 e. The molecule has 2 aromatic carbocycles. The Hall–Kier alpha value is -3.51. The van der Waals surface area contributed by atoms with E-state index < -0.39 is 11.6 Å². The van der Waals surface area contributed by atoms with Crippen LogP contribution < -0.4 is 0 Å². The Balaban J connectivity index is 1.52. The monoisotopic (exact) mass is 416 g/mol. The fraction of sp³-hybridized carbons (Fsp3) is 0.240. The van der Waals surface area contributed by atoms with Gasteiger partial charge in [-0.2, -0.15) is 0 Å². The summed E-state index contributed by atoms with van der Waals surface area (Å²) in [4.78, 5) is 21.1. The first-order valence-corrected chi connectivity index (χ1v) is 10.3. The standard InChI is InChI=1S/C25H24N2O4/c28-23(29)18-30-25(13-12-19-7-4-5-11-22(19)25)14-16-31-27-24(20-8-2-1-3-9-20)21-10-6-15-26-17-21/h1-11,15,17H,12-14,16,18H2,(H,28,29). The van der Waals surface area contributed by atoms with E-state index in [0.717, 1.165) is 29.5 Å². The molecule has 1 unspecified atom stereocenters. The number of fused-ring (bicyclic) bond motifs is 1. The first-order chi connectivity index (χ1) is 15.2. The second-order valence-corrected chi connectivity index (χ2v) is 7.46. The fourth-order valence-corrected chi connectivity index (χ4v) is 4.03. The topological polar surface area (TPSA) is 81.0 Å². The zero-order valence-corrected chi connectivity index (χ0v) is 17.1. The number of hydrogen-bond donors (Lipinski definition) is 1. The molecule has 6 nitrogen and oxygen atoms in total. The number of carboxylic acid groups (broad SMARTS) is 1. The first kappa shape index (κ1) is 20.8. The van der Waals surface area contributed by atoms with Gasteiger partial charge in [-0.25, -0.2) is 4.79 Å². The summed E-state index contributed by atoms with van der Waals surface area (Å²) in [5.74, 6) is -0.981. The molecule has 0 spiro atoms. The predicted octanol–water partition coefficient (Wildman–Crippen LogP) is 4.18. The number of carboxylic acids is 1. The van der Waals surface area contributed by atoms with E-state index >= 15 is 0 Å². The summed E-state index contributed by atoms with van der Waals surface area (Å²) in [6.45, 7) is -0.0485. The Morgan fingerprint density at radius 1 is 1.03 bits per heavy atom. The second kappa shape index (κ2) is 9.53. The Morgan fingerprint density at radius 2 is 1.81 bits per heavy atom. The molecule has 6 heteroatoms. The molecule has 0 radical (unpaired) electrons. The molecule has 0 bridgehead atoms. The number of hydrogen-bond acceptors (Lipinski definition) is 5. The molecule has 0 saturated carbocycles. The van der Waals surface area contributed by atoms with E-state index in [2.05, 4.69) is 16.2 Å². The number of nitrogens with zero attached hydrogens (tertiary/aromatic N) is 2. The minimum atomic E-state index is -0.981. The average Bonchev–Trinajstić information content (AvgIpc) is 3.18. The number of benzene rings is 2. The average molecular weight is 416 g/mol. The lowest BCUT2D eigenvalue weighted by Crippen LogP contribution is -2.31. The third kappa shape index (κ3) is 4.81. The lowest BCUT2D eigenvalue weighted by atomic mass is 9.92. The van der Waals surface area contributed by atoms with Crippen LogP contribution in [0.2, 0.25) is 0 Å². The molecule has 0 saturated heterocycles. The smallest absolute Gasteiger partial charge is 0.329 e. The molecule has 1 aromatic heterocycles. The fourth-order valence-electron chi connectivity index (χ4n) is 4.03. The van der Waals surface area contributed by atoms with Gasteiger partial charge in [0.05, 0.1) is 5.60 Å². The Morgan fingerprint density at radius 3 is 2.58 bits per heavy atom. The zero-order valence-electron chi connectivity index (χ0n) is 17.1. The molecule has 1 atom stereocenters. The number of ether oxygens (including phenoxy) is 1. The molecule has 3 aromatic rings. The Bertz CT molecular complexity index is 1010. The summed E-state index contributed by atoms with van der Waals surface area (Å²) < 4.78 is 5.92. The highest BCUT2D eigenvalue weighted by molar-refractivity contribution is 6.12. The number of pyridine rings is 1. The lowest BCUT2D eigenvalue weighted by molar-refractivity contribution is -0.152. The van der Waals surface area contributed by atoms with Gasteiger partial charge in [-0.3, -0.25) is 4.98 Å². The molecular weight excluding hydrogens is 392 g/mol. The van der Waals surface area contributed by atoms with E-state index in [9.17, 15) is 4.79 Å². The van der Waals surface area contributed by atoms with Crippen LogP contribution in [0.25, 0.3) is 0 Å². The van der Waals surface area contributed by atoms with Crippen LogP contribution in [0.1, 0.15) is 35.1 Å². The van der Waals surface area contributed by atoms with Gasteiger partial charge in [-0.1, -0.05) is 59.8 Å². The quantitative estimate of drug-likeness (QED) is 0.321. The van der Waals surface area contributed by atoms with E-state index in [0.29, 0.717) is 18.7 Å². The molecular formula is C25H24N2O4. The van der Waals surface area contributed by atoms with Gasteiger partial charge >= 0.3 is 5.97 Å². The molecule has 1 heterocycles. The van der Waals surface area contributed by atoms with Gasteiger partial charge in [-0.15, -0.1) is 0 Å². The van der Waals surface area contributed by atoms with E-state index in [4.69, 9.17) is 14.7 Å². The van der Waals surface area contributed by atoms with Crippen molar-refractivity contribution in [2.75, 3.05) is 13.2 Å². The van der Waals surface area contributed by atoms with Crippen LogP contribution in [-0.4, -0.2) is 35.0 Å². The summed E-state index contributed by atoms with van der Waals surface area (Å²) >= 11 is 0. The number of rotatable bonds is 9. The summed E-state index contributed by atoms with van der Waals surface area (Å²) in [5, 5.41) is 13.6. The largest absolute Gasteiger partial charge is 0.480 e. The van der Waals surface area contributed by atoms with Crippen molar-refractivity contribution in [3.05, 3.63) is 101 Å². The van der Waals surface area contributed by atoms with Crippen LogP contribution in [0.3, 0.4) is 0 Å². The molecule has 1 aliphatic rings. The van der Waals surface area contributed by atoms with Crippen LogP contribution in [-0.2, 0) is 26.4 Å². The third-order valence-corrected chi connectivity index (χ3v) is 5.51. The number of oxime groups is 1. The van der Waals surface area contributed by atoms with Crippen LogP contribution in [0.4, 0.5) is 0 Å². The van der Waals surface area contributed by atoms with Crippen molar-refractivity contribution in [2.24, 2.45) is 5.16 Å². The number of aromatic nitrogens is 1. The van der Waals surface area contributed by atoms with Crippen LogP contribution in [0, 0.1) is 0 Å². The molecule has 4 rings (SSSR count). The summed E-state index contributed by atoms with van der Waals surface area (Å²) in [6.07, 6.45) is 5.55. The van der Waals surface area contributed by atoms with Crippen LogP contribution in [0.5, 0.6) is 0 Å². The molecule has 1 aliphatic carbocycles. The van der Waals surface area contributed by atoms with Crippen LogP contribution in [0.15, 0.2) is 84.3 Å². The zero-order chi connectivity index (χ0) is 21.5. The SMILES string of the molecule is O=C(O)COC1(CCON=C(c2ccccc2)c2cccnc2)CCc2ccccc21. The predicted molar refractivity (Wildman–Crippen MR) is 117 cm³/mol. The third-order valence-electron chi connectivity index (χ3n) is 5.51. The van der Waals surface area contributed by atoms with Gasteiger partial charge in [0.1, 0.15) is 18.9 Å². The van der Waals surface area contributed by atoms with Crippen LogP contribution >= 0.6 is 0 Å². The maximum Gasteiger partial charge on any atom is 0.329 e. The van der Waals surface area contributed by atoms with Gasteiger partial charge in [0.2, 0.25) is 0 Å². The van der Waals surface area contributed by atoms with Crippen molar-refractivity contribution in [1.29, 1.82) is 0 Å².